The molecule has 0 bridgehead atoms. The van der Waals surface area contributed by atoms with Crippen molar-refractivity contribution >= 4 is 51.4 Å². The molecule has 0 unspecified atom stereocenters. The zero-order valence-corrected chi connectivity index (χ0v) is 16.4. The topological polar surface area (TPSA) is 46.6 Å². The van der Waals surface area contributed by atoms with Crippen LogP contribution in [-0.4, -0.2) is 29.2 Å². The number of imide groups is 1. The Morgan fingerprint density at radius 2 is 1.71 bits per heavy atom. The fourth-order valence-electron chi connectivity index (χ4n) is 3.00. The van der Waals surface area contributed by atoms with Crippen molar-refractivity contribution in [3.63, 3.8) is 0 Å². The summed E-state index contributed by atoms with van der Waals surface area (Å²) < 4.78 is 5.60. The number of halogens is 1. The van der Waals surface area contributed by atoms with E-state index in [4.69, 9.17) is 16.3 Å². The largest absolute Gasteiger partial charge is 0.492 e. The second-order valence-corrected chi connectivity index (χ2v) is 7.63. The van der Waals surface area contributed by atoms with Crippen molar-refractivity contribution in [3.8, 4) is 5.75 Å². The Morgan fingerprint density at radius 3 is 2.54 bits per heavy atom. The summed E-state index contributed by atoms with van der Waals surface area (Å²) in [4.78, 5) is 26.6. The molecule has 1 aliphatic rings. The molecule has 1 heterocycles. The minimum atomic E-state index is -0.289. The van der Waals surface area contributed by atoms with E-state index >= 15 is 0 Å². The molecular weight excluding hydrogens is 394 g/mol. The maximum atomic E-state index is 12.7. The molecule has 0 radical (unpaired) electrons. The first-order valence-electron chi connectivity index (χ1n) is 8.73. The lowest BCUT2D eigenvalue weighted by Gasteiger charge is -2.13. The lowest BCUT2D eigenvalue weighted by molar-refractivity contribution is -0.123. The van der Waals surface area contributed by atoms with Gasteiger partial charge in [0, 0.05) is 5.02 Å². The number of hydrogen-bond donors (Lipinski definition) is 0. The molecule has 0 aliphatic carbocycles. The number of carbonyl (C=O) groups is 2. The second kappa shape index (κ2) is 8.09. The summed E-state index contributed by atoms with van der Waals surface area (Å²) in [6, 6.07) is 20.8. The number of ether oxygens (including phenoxy) is 1. The molecule has 6 heteroatoms. The highest BCUT2D eigenvalue weighted by molar-refractivity contribution is 8.18. The van der Waals surface area contributed by atoms with Crippen molar-refractivity contribution in [2.75, 3.05) is 13.2 Å². The highest BCUT2D eigenvalue weighted by Gasteiger charge is 2.34. The third kappa shape index (κ3) is 3.91. The van der Waals surface area contributed by atoms with Crippen LogP contribution in [0.1, 0.15) is 5.56 Å². The van der Waals surface area contributed by atoms with Crippen molar-refractivity contribution in [2.24, 2.45) is 0 Å². The van der Waals surface area contributed by atoms with E-state index in [-0.39, 0.29) is 24.3 Å². The van der Waals surface area contributed by atoms with Gasteiger partial charge in [0.05, 0.1) is 11.4 Å². The maximum Gasteiger partial charge on any atom is 0.293 e. The first-order chi connectivity index (χ1) is 13.6. The van der Waals surface area contributed by atoms with Crippen LogP contribution in [0.5, 0.6) is 5.75 Å². The highest BCUT2D eigenvalue weighted by Crippen LogP contribution is 2.33. The van der Waals surface area contributed by atoms with Crippen molar-refractivity contribution in [3.05, 3.63) is 82.2 Å². The third-order valence-corrected chi connectivity index (χ3v) is 5.54. The Balaban J connectivity index is 1.47. The van der Waals surface area contributed by atoms with Crippen molar-refractivity contribution in [2.45, 2.75) is 0 Å². The zero-order valence-electron chi connectivity index (χ0n) is 14.8. The first kappa shape index (κ1) is 18.6. The number of benzene rings is 3. The highest BCUT2D eigenvalue weighted by atomic mass is 35.5. The van der Waals surface area contributed by atoms with Crippen molar-refractivity contribution in [1.82, 2.24) is 4.90 Å². The monoisotopic (exact) mass is 409 g/mol. The number of amides is 2. The second-order valence-electron chi connectivity index (χ2n) is 6.20. The van der Waals surface area contributed by atoms with Crippen molar-refractivity contribution in [1.29, 1.82) is 0 Å². The predicted octanol–water partition coefficient (Wildman–Crippen LogP) is 5.61. The summed E-state index contributed by atoms with van der Waals surface area (Å²) in [6.07, 6.45) is 1.79. The Kier molecular flexibility index (Phi) is 5.37. The minimum absolute atomic E-state index is 0.195. The molecule has 1 fully saturated rings. The molecule has 2 amide bonds. The van der Waals surface area contributed by atoms with Crippen LogP contribution in [0.3, 0.4) is 0 Å². The lowest BCUT2D eigenvalue weighted by Crippen LogP contribution is -2.32. The first-order valence-corrected chi connectivity index (χ1v) is 9.93. The fourth-order valence-corrected chi connectivity index (χ4v) is 3.98. The van der Waals surface area contributed by atoms with Gasteiger partial charge in [-0.2, -0.15) is 0 Å². The molecule has 0 spiro atoms. The molecule has 4 rings (SSSR count). The molecule has 1 saturated heterocycles. The average molecular weight is 410 g/mol. The van der Waals surface area contributed by atoms with Crippen LogP contribution in [0, 0.1) is 0 Å². The minimum Gasteiger partial charge on any atom is -0.492 e. The van der Waals surface area contributed by atoms with Gasteiger partial charge < -0.3 is 4.74 Å². The summed E-state index contributed by atoms with van der Waals surface area (Å²) in [7, 11) is 0. The molecule has 28 heavy (non-hydrogen) atoms. The molecular formula is C22H16ClNO3S. The Morgan fingerprint density at radius 1 is 0.964 bits per heavy atom. The summed E-state index contributed by atoms with van der Waals surface area (Å²) in [6.45, 7) is 0.418. The van der Waals surface area contributed by atoms with Crippen LogP contribution >= 0.6 is 23.4 Å². The van der Waals surface area contributed by atoms with Gasteiger partial charge in [0.2, 0.25) is 0 Å². The lowest BCUT2D eigenvalue weighted by atomic mass is 10.0. The quantitative estimate of drug-likeness (QED) is 0.514. The number of fused-ring (bicyclic) bond motifs is 1. The summed E-state index contributed by atoms with van der Waals surface area (Å²) in [5.74, 6) is 0.352. The smallest absolute Gasteiger partial charge is 0.293 e. The van der Waals surface area contributed by atoms with E-state index in [9.17, 15) is 9.59 Å². The van der Waals surface area contributed by atoms with Gasteiger partial charge in [-0.25, -0.2) is 0 Å². The van der Waals surface area contributed by atoms with E-state index < -0.39 is 0 Å². The maximum absolute atomic E-state index is 12.7. The molecule has 0 aromatic heterocycles. The summed E-state index contributed by atoms with van der Waals surface area (Å²) in [5.41, 5.74) is 0.918. The van der Waals surface area contributed by atoms with E-state index in [2.05, 4.69) is 0 Å². The molecule has 0 saturated carbocycles. The van der Waals surface area contributed by atoms with Gasteiger partial charge in [-0.15, -0.1) is 0 Å². The Labute approximate surface area is 171 Å². The van der Waals surface area contributed by atoms with E-state index in [1.165, 1.54) is 4.90 Å². The number of hydrogen-bond acceptors (Lipinski definition) is 4. The Bertz CT molecular complexity index is 1070. The van der Waals surface area contributed by atoms with E-state index in [0.29, 0.717) is 15.7 Å². The Hall–Kier alpha value is -2.76. The zero-order chi connectivity index (χ0) is 19.5. The van der Waals surface area contributed by atoms with Gasteiger partial charge in [-0.1, -0.05) is 54.1 Å². The third-order valence-electron chi connectivity index (χ3n) is 4.38. The molecule has 0 N–H and O–H groups in total. The molecule has 0 atom stereocenters. The van der Waals surface area contributed by atoms with E-state index in [1.54, 1.807) is 30.3 Å². The van der Waals surface area contributed by atoms with Crippen LogP contribution in [0.25, 0.3) is 16.8 Å². The fraction of sp³-hybridized carbons (Fsp3) is 0.0909. The molecule has 1 aliphatic heterocycles. The van der Waals surface area contributed by atoms with Gasteiger partial charge in [-0.05, 0) is 58.4 Å². The van der Waals surface area contributed by atoms with Crippen LogP contribution in [0.15, 0.2) is 71.6 Å². The normalized spacial score (nSPS) is 15.6. The van der Waals surface area contributed by atoms with Gasteiger partial charge >= 0.3 is 0 Å². The SMILES string of the molecule is O=C1S/C(=C\c2cccc3ccccc23)C(=O)N1CCOc1ccc(Cl)cc1. The van der Waals surface area contributed by atoms with Crippen LogP contribution in [-0.2, 0) is 4.79 Å². The van der Waals surface area contributed by atoms with Gasteiger partial charge in [0.1, 0.15) is 12.4 Å². The number of carbonyl (C=O) groups excluding carboxylic acids is 2. The number of nitrogens with zero attached hydrogens (tertiary/aromatic N) is 1. The standard InChI is InChI=1S/C22H16ClNO3S/c23-17-8-10-18(11-9-17)27-13-12-24-21(25)20(28-22(24)26)14-16-6-3-5-15-4-1-2-7-19(15)16/h1-11,14H,12-13H2/b20-14-. The predicted molar refractivity (Wildman–Crippen MR) is 114 cm³/mol. The molecule has 3 aromatic carbocycles. The number of rotatable bonds is 5. The van der Waals surface area contributed by atoms with Crippen molar-refractivity contribution < 1.29 is 14.3 Å². The molecule has 140 valence electrons. The summed E-state index contributed by atoms with van der Waals surface area (Å²) >= 11 is 6.80. The van der Waals surface area contributed by atoms with Crippen LogP contribution in [0.2, 0.25) is 5.02 Å². The van der Waals surface area contributed by atoms with E-state index in [0.717, 1.165) is 28.1 Å². The van der Waals surface area contributed by atoms with Crippen LogP contribution in [0.4, 0.5) is 4.79 Å². The summed E-state index contributed by atoms with van der Waals surface area (Å²) in [5, 5.41) is 2.47. The van der Waals surface area contributed by atoms with Gasteiger partial charge in [0.15, 0.2) is 0 Å². The number of thioether (sulfide) groups is 1. The van der Waals surface area contributed by atoms with Crippen LogP contribution < -0.4 is 4.74 Å². The van der Waals surface area contributed by atoms with Gasteiger partial charge in [0.25, 0.3) is 11.1 Å². The average Bonchev–Trinajstić information content (AvgIpc) is 2.97. The molecule has 4 nitrogen and oxygen atoms in total. The van der Waals surface area contributed by atoms with E-state index in [1.807, 2.05) is 42.5 Å². The molecule has 3 aromatic rings. The van der Waals surface area contributed by atoms with Gasteiger partial charge in [-0.3, -0.25) is 14.5 Å².